The van der Waals surface area contributed by atoms with Crippen LogP contribution in [0.4, 0.5) is 10.1 Å². The number of aliphatic hydroxyl groups excluding tert-OH is 1. The van der Waals surface area contributed by atoms with E-state index in [9.17, 15) is 9.50 Å². The second-order valence-corrected chi connectivity index (χ2v) is 6.25. The van der Waals surface area contributed by atoms with E-state index in [-0.39, 0.29) is 12.3 Å². The molecule has 1 aliphatic rings. The van der Waals surface area contributed by atoms with Gasteiger partial charge in [-0.15, -0.1) is 0 Å². The molecule has 0 bridgehead atoms. The maximum atomic E-state index is 13.5. The first-order valence-electron chi connectivity index (χ1n) is 6.88. The highest BCUT2D eigenvalue weighted by Gasteiger charge is 2.52. The molecule has 0 aromatic heterocycles. The highest BCUT2D eigenvalue weighted by molar-refractivity contribution is 6.55. The van der Waals surface area contributed by atoms with Gasteiger partial charge in [-0.05, 0) is 50.9 Å². The smallest absolute Gasteiger partial charge is 0.400 e. The van der Waals surface area contributed by atoms with Crippen LogP contribution in [-0.4, -0.2) is 30.0 Å². The number of nitrogens with two attached hydrogens (primary N) is 1. The molecular formula is C15H21BFNO3. The molecule has 1 heterocycles. The Kier molecular flexibility index (Phi) is 4.15. The lowest BCUT2D eigenvalue weighted by Gasteiger charge is -2.32. The van der Waals surface area contributed by atoms with Crippen LogP contribution in [0.1, 0.15) is 33.3 Å². The Balaban J connectivity index is 2.28. The Labute approximate surface area is 124 Å². The SMILES string of the molecule is CC1(C)OB(C(=Cc2ccc(N)c(F)c2)CO)OC1(C)C. The molecule has 3 N–H and O–H groups in total. The molecule has 0 amide bonds. The van der Waals surface area contributed by atoms with Crippen molar-refractivity contribution in [2.24, 2.45) is 0 Å². The van der Waals surface area contributed by atoms with Crippen LogP contribution in [0.3, 0.4) is 0 Å². The monoisotopic (exact) mass is 293 g/mol. The molecule has 0 atom stereocenters. The summed E-state index contributed by atoms with van der Waals surface area (Å²) >= 11 is 0. The van der Waals surface area contributed by atoms with Crippen LogP contribution in [0.25, 0.3) is 6.08 Å². The molecule has 0 aliphatic carbocycles. The van der Waals surface area contributed by atoms with Crippen molar-refractivity contribution in [1.82, 2.24) is 0 Å². The van der Waals surface area contributed by atoms with Crippen LogP contribution in [0.15, 0.2) is 23.7 Å². The molecule has 6 heteroatoms. The van der Waals surface area contributed by atoms with E-state index in [0.717, 1.165) is 0 Å². The summed E-state index contributed by atoms with van der Waals surface area (Å²) in [6, 6.07) is 4.48. The topological polar surface area (TPSA) is 64.7 Å². The van der Waals surface area contributed by atoms with E-state index in [1.807, 2.05) is 27.7 Å². The minimum absolute atomic E-state index is 0.0910. The van der Waals surface area contributed by atoms with Gasteiger partial charge < -0.3 is 20.1 Å². The van der Waals surface area contributed by atoms with E-state index >= 15 is 0 Å². The van der Waals surface area contributed by atoms with Crippen molar-refractivity contribution in [3.63, 3.8) is 0 Å². The van der Waals surface area contributed by atoms with Crippen molar-refractivity contribution in [2.75, 3.05) is 12.3 Å². The molecule has 1 aromatic rings. The van der Waals surface area contributed by atoms with Crippen molar-refractivity contribution in [2.45, 2.75) is 38.9 Å². The van der Waals surface area contributed by atoms with Crippen LogP contribution in [0.2, 0.25) is 0 Å². The van der Waals surface area contributed by atoms with Gasteiger partial charge in [0.25, 0.3) is 0 Å². The average molecular weight is 293 g/mol. The van der Waals surface area contributed by atoms with Gasteiger partial charge in [-0.1, -0.05) is 12.1 Å². The molecule has 114 valence electrons. The van der Waals surface area contributed by atoms with E-state index in [2.05, 4.69) is 0 Å². The number of benzene rings is 1. The minimum Gasteiger partial charge on any atom is -0.400 e. The second-order valence-electron chi connectivity index (χ2n) is 6.25. The Morgan fingerprint density at radius 2 is 1.86 bits per heavy atom. The molecule has 1 aliphatic heterocycles. The van der Waals surface area contributed by atoms with Gasteiger partial charge in [0.2, 0.25) is 0 Å². The van der Waals surface area contributed by atoms with Crippen molar-refractivity contribution < 1.29 is 18.8 Å². The third kappa shape index (κ3) is 3.12. The Hall–Kier alpha value is -1.37. The summed E-state index contributed by atoms with van der Waals surface area (Å²) in [4.78, 5) is 0. The number of nitrogen functional groups attached to an aromatic ring is 1. The van der Waals surface area contributed by atoms with Gasteiger partial charge in [0, 0.05) is 0 Å². The zero-order valence-corrected chi connectivity index (χ0v) is 12.8. The zero-order chi connectivity index (χ0) is 15.8. The predicted molar refractivity (Wildman–Crippen MR) is 82.0 cm³/mol. The Morgan fingerprint density at radius 1 is 1.29 bits per heavy atom. The van der Waals surface area contributed by atoms with Gasteiger partial charge >= 0.3 is 7.12 Å². The number of rotatable bonds is 3. The van der Waals surface area contributed by atoms with Crippen molar-refractivity contribution in [3.05, 3.63) is 35.1 Å². The quantitative estimate of drug-likeness (QED) is 0.663. The third-order valence-corrected chi connectivity index (χ3v) is 4.12. The maximum Gasteiger partial charge on any atom is 0.492 e. The number of aliphatic hydroxyl groups is 1. The first-order valence-corrected chi connectivity index (χ1v) is 6.88. The molecule has 0 saturated carbocycles. The van der Waals surface area contributed by atoms with Crippen LogP contribution in [0, 0.1) is 5.82 Å². The summed E-state index contributed by atoms with van der Waals surface area (Å²) < 4.78 is 25.2. The molecule has 1 aromatic carbocycles. The van der Waals surface area contributed by atoms with Crippen LogP contribution in [-0.2, 0) is 9.31 Å². The Morgan fingerprint density at radius 3 is 2.33 bits per heavy atom. The van der Waals surface area contributed by atoms with Crippen molar-refractivity contribution in [1.29, 1.82) is 0 Å². The standard InChI is InChI=1S/C15H21BFNO3/c1-14(2)15(3,4)21-16(20-14)11(9-19)7-10-5-6-13(18)12(17)8-10/h5-8,19H,9,18H2,1-4H3. The summed E-state index contributed by atoms with van der Waals surface area (Å²) in [5.41, 5.74) is 5.70. The lowest BCUT2D eigenvalue weighted by atomic mass is 9.77. The van der Waals surface area contributed by atoms with Gasteiger partial charge in [0.15, 0.2) is 0 Å². The summed E-state index contributed by atoms with van der Waals surface area (Å²) in [5, 5.41) is 9.57. The molecule has 4 nitrogen and oxygen atoms in total. The van der Waals surface area contributed by atoms with E-state index < -0.39 is 24.1 Å². The minimum atomic E-state index is -0.652. The average Bonchev–Trinajstić information content (AvgIpc) is 2.59. The first kappa shape index (κ1) is 16.0. The fourth-order valence-corrected chi connectivity index (χ4v) is 2.03. The molecule has 21 heavy (non-hydrogen) atoms. The van der Waals surface area contributed by atoms with Crippen LogP contribution >= 0.6 is 0 Å². The van der Waals surface area contributed by atoms with E-state index in [1.54, 1.807) is 12.1 Å². The normalized spacial score (nSPS) is 20.9. The molecule has 2 rings (SSSR count). The maximum absolute atomic E-state index is 13.5. The van der Waals surface area contributed by atoms with Crippen molar-refractivity contribution >= 4 is 18.9 Å². The molecular weight excluding hydrogens is 272 g/mol. The first-order chi connectivity index (χ1) is 9.66. The molecule has 1 fully saturated rings. The highest BCUT2D eigenvalue weighted by Crippen LogP contribution is 2.38. The van der Waals surface area contributed by atoms with Gasteiger partial charge in [0.05, 0.1) is 23.5 Å². The largest absolute Gasteiger partial charge is 0.492 e. The molecule has 1 saturated heterocycles. The van der Waals surface area contributed by atoms with E-state index in [0.29, 0.717) is 11.0 Å². The van der Waals surface area contributed by atoms with Gasteiger partial charge in [0.1, 0.15) is 5.82 Å². The molecule has 0 radical (unpaired) electrons. The fourth-order valence-electron chi connectivity index (χ4n) is 2.03. The zero-order valence-electron chi connectivity index (χ0n) is 12.8. The van der Waals surface area contributed by atoms with Gasteiger partial charge in [-0.25, -0.2) is 4.39 Å². The van der Waals surface area contributed by atoms with Crippen LogP contribution in [0.5, 0.6) is 0 Å². The van der Waals surface area contributed by atoms with Crippen LogP contribution < -0.4 is 5.73 Å². The van der Waals surface area contributed by atoms with Crippen molar-refractivity contribution in [3.8, 4) is 0 Å². The predicted octanol–water partition coefficient (Wildman–Crippen LogP) is 2.42. The summed E-state index contributed by atoms with van der Waals surface area (Å²) in [7, 11) is -0.652. The molecule has 0 unspecified atom stereocenters. The van der Waals surface area contributed by atoms with Gasteiger partial charge in [-0.2, -0.15) is 0 Å². The third-order valence-electron chi connectivity index (χ3n) is 4.12. The van der Waals surface area contributed by atoms with E-state index in [4.69, 9.17) is 15.0 Å². The molecule has 0 spiro atoms. The number of halogens is 1. The summed E-state index contributed by atoms with van der Waals surface area (Å²) in [6.45, 7) is 7.51. The number of hydrogen-bond donors (Lipinski definition) is 2. The fraction of sp³-hybridized carbons (Fsp3) is 0.467. The number of anilines is 1. The second kappa shape index (κ2) is 5.44. The lowest BCUT2D eigenvalue weighted by Crippen LogP contribution is -2.41. The lowest BCUT2D eigenvalue weighted by molar-refractivity contribution is 0.00578. The van der Waals surface area contributed by atoms with Gasteiger partial charge in [-0.3, -0.25) is 0 Å². The van der Waals surface area contributed by atoms with E-state index in [1.165, 1.54) is 12.1 Å². The Bertz CT molecular complexity index is 556. The number of hydrogen-bond acceptors (Lipinski definition) is 4. The summed E-state index contributed by atoms with van der Waals surface area (Å²) in [5.74, 6) is -0.491. The summed E-state index contributed by atoms with van der Waals surface area (Å²) in [6.07, 6.45) is 1.66. The highest BCUT2D eigenvalue weighted by atomic mass is 19.1.